The normalized spacial score (nSPS) is 17.6. The van der Waals surface area contributed by atoms with Crippen LogP contribution in [0, 0.1) is 10.1 Å². The summed E-state index contributed by atoms with van der Waals surface area (Å²) >= 11 is 0. The number of rotatable bonds is 5. The maximum atomic E-state index is 13.0. The Kier molecular flexibility index (Phi) is 4.62. The molecule has 0 aliphatic carbocycles. The van der Waals surface area contributed by atoms with Crippen LogP contribution in [0.2, 0.25) is 0 Å². The number of anilines is 1. The topological polar surface area (TPSA) is 112 Å². The van der Waals surface area contributed by atoms with Crippen LogP contribution in [0.3, 0.4) is 0 Å². The summed E-state index contributed by atoms with van der Waals surface area (Å²) in [4.78, 5) is 28.7. The molecule has 0 radical (unpaired) electrons. The minimum absolute atomic E-state index is 0.135. The summed E-state index contributed by atoms with van der Waals surface area (Å²) in [6.45, 7) is 2.12. The molecule has 0 saturated carbocycles. The predicted molar refractivity (Wildman–Crippen MR) is 91.3 cm³/mol. The van der Waals surface area contributed by atoms with Crippen LogP contribution in [0.25, 0.3) is 0 Å². The van der Waals surface area contributed by atoms with Gasteiger partial charge >= 0.3 is 5.82 Å². The van der Waals surface area contributed by atoms with Crippen molar-refractivity contribution in [1.29, 1.82) is 0 Å². The molecule has 1 aromatic carbocycles. The van der Waals surface area contributed by atoms with Crippen LogP contribution in [0.15, 0.2) is 42.5 Å². The van der Waals surface area contributed by atoms with Crippen molar-refractivity contribution < 1.29 is 14.5 Å². The molecule has 2 N–H and O–H groups in total. The lowest BCUT2D eigenvalue weighted by Crippen LogP contribution is -2.47. The molecule has 1 aliphatic heterocycles. The molecule has 2 heterocycles. The number of hydrogen-bond donors (Lipinski definition) is 1. The highest BCUT2D eigenvalue weighted by Gasteiger charge is 2.40. The molecule has 0 bridgehead atoms. The molecule has 0 spiro atoms. The van der Waals surface area contributed by atoms with Gasteiger partial charge in [0.15, 0.2) is 5.75 Å². The molecule has 25 heavy (non-hydrogen) atoms. The summed E-state index contributed by atoms with van der Waals surface area (Å²) in [5.74, 6) is -0.225. The van der Waals surface area contributed by atoms with Crippen molar-refractivity contribution in [1.82, 2.24) is 4.98 Å². The van der Waals surface area contributed by atoms with E-state index in [-0.39, 0.29) is 30.1 Å². The van der Waals surface area contributed by atoms with Crippen molar-refractivity contribution >= 4 is 17.5 Å². The summed E-state index contributed by atoms with van der Waals surface area (Å²) in [6, 6.07) is 11.5. The lowest BCUT2D eigenvalue weighted by atomic mass is 10.1. The highest BCUT2D eigenvalue weighted by Crippen LogP contribution is 2.38. The summed E-state index contributed by atoms with van der Waals surface area (Å²) in [5, 5.41) is 11.0. The fraction of sp³-hybridized carbons (Fsp3) is 0.294. The zero-order valence-electron chi connectivity index (χ0n) is 13.7. The molecule has 2 aromatic rings. The number of fused-ring (bicyclic) bond motifs is 1. The average Bonchev–Trinajstić information content (AvgIpc) is 2.63. The highest BCUT2D eigenvalue weighted by molar-refractivity contribution is 5.99. The number of hydrogen-bond acceptors (Lipinski definition) is 6. The summed E-state index contributed by atoms with van der Waals surface area (Å²) in [7, 11) is 0. The van der Waals surface area contributed by atoms with E-state index in [2.05, 4.69) is 4.98 Å². The van der Waals surface area contributed by atoms with Gasteiger partial charge in [-0.3, -0.25) is 9.69 Å². The number of benzene rings is 1. The number of carbonyl (C=O) groups is 1. The van der Waals surface area contributed by atoms with Gasteiger partial charge in [0.2, 0.25) is 6.10 Å². The van der Waals surface area contributed by atoms with E-state index in [0.29, 0.717) is 17.7 Å². The fourth-order valence-corrected chi connectivity index (χ4v) is 2.61. The average molecular weight is 342 g/mol. The third kappa shape index (κ3) is 3.29. The SMILES string of the molecule is CCC(N)CN1C(=O)C(c2ccccc2)Oc2ccc([N+](=O)[O-])nc21. The second kappa shape index (κ2) is 6.86. The van der Waals surface area contributed by atoms with E-state index in [4.69, 9.17) is 10.5 Å². The number of pyridine rings is 1. The molecule has 2 unspecified atom stereocenters. The van der Waals surface area contributed by atoms with Crippen molar-refractivity contribution in [3.8, 4) is 5.75 Å². The van der Waals surface area contributed by atoms with E-state index in [1.165, 1.54) is 17.0 Å². The number of carbonyl (C=O) groups excluding carboxylic acids is 1. The number of nitrogens with zero attached hydrogens (tertiary/aromatic N) is 3. The fourth-order valence-electron chi connectivity index (χ4n) is 2.61. The van der Waals surface area contributed by atoms with Gasteiger partial charge in [-0.15, -0.1) is 0 Å². The van der Waals surface area contributed by atoms with Gasteiger partial charge in [0.25, 0.3) is 11.7 Å². The summed E-state index contributed by atoms with van der Waals surface area (Å²) in [6.07, 6.45) is -0.175. The van der Waals surface area contributed by atoms with Crippen LogP contribution >= 0.6 is 0 Å². The van der Waals surface area contributed by atoms with Gasteiger partial charge in [-0.2, -0.15) is 0 Å². The zero-order chi connectivity index (χ0) is 18.0. The second-order valence-electron chi connectivity index (χ2n) is 5.77. The van der Waals surface area contributed by atoms with E-state index in [1.54, 1.807) is 12.1 Å². The van der Waals surface area contributed by atoms with Gasteiger partial charge in [0, 0.05) is 24.2 Å². The van der Waals surface area contributed by atoms with Crippen molar-refractivity contribution in [2.24, 2.45) is 5.73 Å². The van der Waals surface area contributed by atoms with Crippen LogP contribution in [0.1, 0.15) is 25.0 Å². The van der Waals surface area contributed by atoms with Crippen LogP contribution in [0.5, 0.6) is 5.75 Å². The third-order valence-electron chi connectivity index (χ3n) is 4.05. The molecule has 8 heteroatoms. The smallest absolute Gasteiger partial charge is 0.366 e. The quantitative estimate of drug-likeness (QED) is 0.658. The van der Waals surface area contributed by atoms with Gasteiger partial charge in [0.1, 0.15) is 0 Å². The maximum Gasteiger partial charge on any atom is 0.366 e. The zero-order valence-corrected chi connectivity index (χ0v) is 13.7. The molecule has 0 fully saturated rings. The van der Waals surface area contributed by atoms with Gasteiger partial charge in [-0.1, -0.05) is 37.3 Å². The Balaban J connectivity index is 2.05. The Morgan fingerprint density at radius 3 is 2.68 bits per heavy atom. The second-order valence-corrected chi connectivity index (χ2v) is 5.77. The van der Waals surface area contributed by atoms with Crippen LogP contribution in [-0.4, -0.2) is 28.4 Å². The largest absolute Gasteiger partial charge is 0.469 e. The Morgan fingerprint density at radius 1 is 1.32 bits per heavy atom. The van der Waals surface area contributed by atoms with Gasteiger partial charge < -0.3 is 20.6 Å². The van der Waals surface area contributed by atoms with Crippen LogP contribution in [0.4, 0.5) is 11.6 Å². The van der Waals surface area contributed by atoms with Crippen molar-refractivity contribution in [3.05, 3.63) is 58.1 Å². The van der Waals surface area contributed by atoms with Crippen LogP contribution in [-0.2, 0) is 4.79 Å². The monoisotopic (exact) mass is 342 g/mol. The minimum Gasteiger partial charge on any atom is -0.469 e. The molecule has 1 aromatic heterocycles. The first-order chi connectivity index (χ1) is 12.0. The Morgan fingerprint density at radius 2 is 2.04 bits per heavy atom. The number of nitrogens with two attached hydrogens (primary N) is 1. The van der Waals surface area contributed by atoms with Crippen molar-refractivity contribution in [2.45, 2.75) is 25.5 Å². The highest BCUT2D eigenvalue weighted by atomic mass is 16.6. The van der Waals surface area contributed by atoms with Gasteiger partial charge in [0.05, 0.1) is 0 Å². The van der Waals surface area contributed by atoms with E-state index in [0.717, 1.165) is 0 Å². The Labute approximate surface area is 144 Å². The molecule has 2 atom stereocenters. The number of amides is 1. The van der Waals surface area contributed by atoms with Crippen molar-refractivity contribution in [3.63, 3.8) is 0 Å². The molecule has 3 rings (SSSR count). The molecule has 8 nitrogen and oxygen atoms in total. The summed E-state index contributed by atoms with van der Waals surface area (Å²) in [5.41, 5.74) is 6.71. The minimum atomic E-state index is -0.832. The molecule has 1 amide bonds. The predicted octanol–water partition coefficient (Wildman–Crippen LogP) is 2.19. The van der Waals surface area contributed by atoms with E-state index < -0.39 is 11.0 Å². The number of aromatic nitrogens is 1. The first-order valence-corrected chi connectivity index (χ1v) is 7.95. The molecular formula is C17H18N4O4. The lowest BCUT2D eigenvalue weighted by Gasteiger charge is -2.32. The van der Waals surface area contributed by atoms with Gasteiger partial charge in [-0.25, -0.2) is 0 Å². The lowest BCUT2D eigenvalue weighted by molar-refractivity contribution is -0.389. The Hall–Kier alpha value is -3.00. The number of nitro groups is 1. The first kappa shape index (κ1) is 16.8. The molecular weight excluding hydrogens is 324 g/mol. The van der Waals surface area contributed by atoms with Crippen molar-refractivity contribution in [2.75, 3.05) is 11.4 Å². The van der Waals surface area contributed by atoms with E-state index in [9.17, 15) is 14.9 Å². The molecule has 130 valence electrons. The standard InChI is InChI=1S/C17H18N4O4/c1-2-12(18)10-20-16-13(8-9-14(19-16)21(23)24)25-15(17(20)22)11-6-4-3-5-7-11/h3-9,12,15H,2,10,18H2,1H3. The van der Waals surface area contributed by atoms with Crippen LogP contribution < -0.4 is 15.4 Å². The third-order valence-corrected chi connectivity index (χ3v) is 4.05. The maximum absolute atomic E-state index is 13.0. The Bertz CT molecular complexity index is 796. The summed E-state index contributed by atoms with van der Waals surface area (Å²) < 4.78 is 5.79. The number of ether oxygens (including phenoxy) is 1. The van der Waals surface area contributed by atoms with E-state index in [1.807, 2.05) is 25.1 Å². The molecule has 0 saturated heterocycles. The molecule has 1 aliphatic rings. The first-order valence-electron chi connectivity index (χ1n) is 7.95. The van der Waals surface area contributed by atoms with E-state index >= 15 is 0 Å². The van der Waals surface area contributed by atoms with Gasteiger partial charge in [-0.05, 0) is 22.4 Å².